The Morgan fingerprint density at radius 1 is 0.519 bits per heavy atom. The first-order valence-electron chi connectivity index (χ1n) is 21.8. The Balaban J connectivity index is 4.22. The zero-order valence-electron chi connectivity index (χ0n) is 35.0. The molecule has 0 aromatic carbocycles. The van der Waals surface area contributed by atoms with Crippen molar-refractivity contribution in [2.45, 2.75) is 200 Å². The lowest BCUT2D eigenvalue weighted by atomic mass is 10.0. The zero-order valence-corrected chi connectivity index (χ0v) is 35.9. The zero-order chi connectivity index (χ0) is 38.3. The third-order valence-electron chi connectivity index (χ3n) is 9.38. The number of phosphoric acid groups is 1. The van der Waals surface area contributed by atoms with Crippen molar-refractivity contribution in [3.63, 3.8) is 0 Å². The summed E-state index contributed by atoms with van der Waals surface area (Å²) in [5, 5.41) is 0. The van der Waals surface area contributed by atoms with Gasteiger partial charge in [-0.1, -0.05) is 154 Å². The van der Waals surface area contributed by atoms with Crippen molar-refractivity contribution in [3.8, 4) is 0 Å². The number of nitrogens with zero attached hydrogens (tertiary/aromatic N) is 1. The van der Waals surface area contributed by atoms with E-state index in [-0.39, 0.29) is 19.8 Å². The van der Waals surface area contributed by atoms with Crippen LogP contribution in [0, 0.1) is 0 Å². The molecular weight excluding hydrogens is 669 g/mol. The molecule has 8 heteroatoms. The van der Waals surface area contributed by atoms with Crippen LogP contribution in [0.25, 0.3) is 0 Å². The van der Waals surface area contributed by atoms with Crippen LogP contribution >= 0.6 is 7.82 Å². The number of hydrogen-bond donors (Lipinski definition) is 0. The molecule has 0 fully saturated rings. The molecule has 0 rings (SSSR count). The third kappa shape index (κ3) is 41.6. The lowest BCUT2D eigenvalue weighted by Crippen LogP contribution is -2.37. The Bertz CT molecular complexity index is 871. The predicted molar refractivity (Wildman–Crippen MR) is 221 cm³/mol. The van der Waals surface area contributed by atoms with Gasteiger partial charge in [-0.05, 0) is 63.5 Å². The number of likely N-dealkylation sites (N-methyl/N-ethyl adjacent to an activating group) is 1. The summed E-state index contributed by atoms with van der Waals surface area (Å²) in [6, 6.07) is 0. The molecule has 0 aromatic rings. The average Bonchev–Trinajstić information content (AvgIpc) is 3.10. The summed E-state index contributed by atoms with van der Waals surface area (Å²) >= 11 is 0. The van der Waals surface area contributed by atoms with E-state index in [4.69, 9.17) is 18.5 Å². The summed E-state index contributed by atoms with van der Waals surface area (Å²) in [7, 11) is 1.52. The molecule has 0 aromatic heterocycles. The van der Waals surface area contributed by atoms with E-state index < -0.39 is 13.9 Å². The molecule has 2 atom stereocenters. The summed E-state index contributed by atoms with van der Waals surface area (Å²) in [5.41, 5.74) is 0. The Labute approximate surface area is 323 Å². The average molecular weight is 756 g/mol. The lowest BCUT2D eigenvalue weighted by molar-refractivity contribution is -0.870. The van der Waals surface area contributed by atoms with Crippen LogP contribution in [0.1, 0.15) is 194 Å². The van der Waals surface area contributed by atoms with Crippen molar-refractivity contribution < 1.29 is 32.5 Å². The van der Waals surface area contributed by atoms with Crippen LogP contribution in [-0.2, 0) is 23.1 Å². The number of rotatable bonds is 41. The number of quaternary nitrogens is 1. The number of ether oxygens (including phenoxy) is 2. The fourth-order valence-electron chi connectivity index (χ4n) is 5.91. The standard InChI is InChI=1S/C44H86NO6P/c1-6-8-10-12-14-16-18-20-22-24-26-28-30-32-34-36-39-48-42-44(43-51-52(46,47)50-41-38-45(3,4)5)49-40-37-35-33-31-29-27-25-23-21-19-17-15-13-11-9-7-2/h21,23,36-37,39-40,44H,6-20,22,24-35,38,41-43H2,1-5H3/b23-21-,39-36-,40-37-/t44-/m1/s1. The molecule has 308 valence electrons. The van der Waals surface area contributed by atoms with Gasteiger partial charge in [0.2, 0.25) is 0 Å². The molecule has 0 heterocycles. The van der Waals surface area contributed by atoms with Gasteiger partial charge in [0, 0.05) is 0 Å². The second-order valence-corrected chi connectivity index (χ2v) is 17.2. The van der Waals surface area contributed by atoms with Gasteiger partial charge in [0.1, 0.15) is 19.8 Å². The van der Waals surface area contributed by atoms with Gasteiger partial charge in [0.25, 0.3) is 7.82 Å². The van der Waals surface area contributed by atoms with Gasteiger partial charge in [-0.3, -0.25) is 4.57 Å². The van der Waals surface area contributed by atoms with Crippen molar-refractivity contribution in [3.05, 3.63) is 36.8 Å². The molecule has 0 aliphatic rings. The van der Waals surface area contributed by atoms with Crippen molar-refractivity contribution in [1.29, 1.82) is 0 Å². The van der Waals surface area contributed by atoms with E-state index in [0.29, 0.717) is 11.0 Å². The van der Waals surface area contributed by atoms with Crippen molar-refractivity contribution in [2.75, 3.05) is 47.5 Å². The van der Waals surface area contributed by atoms with Crippen LogP contribution in [0.3, 0.4) is 0 Å². The largest absolute Gasteiger partial charge is 0.756 e. The number of unbranched alkanes of at least 4 members (excludes halogenated alkanes) is 25. The summed E-state index contributed by atoms with van der Waals surface area (Å²) in [4.78, 5) is 12.3. The highest BCUT2D eigenvalue weighted by Crippen LogP contribution is 2.38. The van der Waals surface area contributed by atoms with E-state index in [1.54, 1.807) is 12.5 Å². The Kier molecular flexibility index (Phi) is 37.4. The number of phosphoric ester groups is 1. The number of hydrogen-bond acceptors (Lipinski definition) is 6. The molecule has 7 nitrogen and oxygen atoms in total. The summed E-state index contributed by atoms with van der Waals surface area (Å²) < 4.78 is 34.8. The first-order chi connectivity index (χ1) is 25.2. The summed E-state index contributed by atoms with van der Waals surface area (Å²) in [6.07, 6.45) is 47.8. The van der Waals surface area contributed by atoms with Gasteiger partial charge in [0.15, 0.2) is 6.10 Å². The fourth-order valence-corrected chi connectivity index (χ4v) is 6.64. The van der Waals surface area contributed by atoms with E-state index in [1.165, 1.54) is 154 Å². The topological polar surface area (TPSA) is 77.1 Å². The molecule has 0 N–H and O–H groups in total. The molecule has 0 radical (unpaired) electrons. The molecule has 0 amide bonds. The molecular formula is C44H86NO6P. The maximum atomic E-state index is 12.3. The first-order valence-corrected chi connectivity index (χ1v) is 23.3. The van der Waals surface area contributed by atoms with E-state index in [0.717, 1.165) is 25.7 Å². The van der Waals surface area contributed by atoms with Gasteiger partial charge in [-0.25, -0.2) is 0 Å². The maximum Gasteiger partial charge on any atom is 0.268 e. The van der Waals surface area contributed by atoms with Crippen molar-refractivity contribution in [1.82, 2.24) is 0 Å². The Morgan fingerprint density at radius 2 is 0.904 bits per heavy atom. The molecule has 0 spiro atoms. The molecule has 1 unspecified atom stereocenters. The minimum absolute atomic E-state index is 0.0731. The quantitative estimate of drug-likeness (QED) is 0.0203. The minimum Gasteiger partial charge on any atom is -0.756 e. The second-order valence-electron chi connectivity index (χ2n) is 15.8. The van der Waals surface area contributed by atoms with Crippen molar-refractivity contribution in [2.24, 2.45) is 0 Å². The fraction of sp³-hybridized carbons (Fsp3) is 0.864. The van der Waals surface area contributed by atoms with E-state index in [1.807, 2.05) is 33.3 Å². The van der Waals surface area contributed by atoms with Crippen LogP contribution in [-0.4, -0.2) is 58.1 Å². The molecule has 0 saturated carbocycles. The van der Waals surface area contributed by atoms with Gasteiger partial charge in [0.05, 0.1) is 40.3 Å². The molecule has 0 aliphatic carbocycles. The first kappa shape index (κ1) is 50.9. The van der Waals surface area contributed by atoms with Crippen LogP contribution in [0.5, 0.6) is 0 Å². The van der Waals surface area contributed by atoms with E-state index >= 15 is 0 Å². The summed E-state index contributed by atoms with van der Waals surface area (Å²) in [5.74, 6) is 0. The predicted octanol–water partition coefficient (Wildman–Crippen LogP) is 13.1. The maximum absolute atomic E-state index is 12.3. The van der Waals surface area contributed by atoms with Crippen LogP contribution < -0.4 is 4.89 Å². The second kappa shape index (κ2) is 38.2. The van der Waals surface area contributed by atoms with E-state index in [2.05, 4.69) is 26.0 Å². The van der Waals surface area contributed by atoms with Gasteiger partial charge in [-0.2, -0.15) is 0 Å². The van der Waals surface area contributed by atoms with Gasteiger partial charge >= 0.3 is 0 Å². The molecule has 0 saturated heterocycles. The highest BCUT2D eigenvalue weighted by atomic mass is 31.2. The lowest BCUT2D eigenvalue weighted by Gasteiger charge is -2.28. The minimum atomic E-state index is -4.43. The Hall–Kier alpha value is -1.11. The SMILES string of the molecule is CCCCCCCC/C=C\CCCCCC/C=C\O[C@H](CO/C=C\CCCCCCCCCCCCCCCC)COP(=O)([O-])OCC[N+](C)(C)C. The van der Waals surface area contributed by atoms with Gasteiger partial charge < -0.3 is 27.9 Å². The van der Waals surface area contributed by atoms with Crippen LogP contribution in [0.15, 0.2) is 36.8 Å². The van der Waals surface area contributed by atoms with Crippen LogP contribution in [0.4, 0.5) is 0 Å². The highest BCUT2D eigenvalue weighted by molar-refractivity contribution is 7.45. The monoisotopic (exact) mass is 756 g/mol. The van der Waals surface area contributed by atoms with Gasteiger partial charge in [-0.15, -0.1) is 0 Å². The molecule has 52 heavy (non-hydrogen) atoms. The molecule has 0 aliphatic heterocycles. The highest BCUT2D eigenvalue weighted by Gasteiger charge is 2.17. The molecule has 0 bridgehead atoms. The van der Waals surface area contributed by atoms with Crippen molar-refractivity contribution >= 4 is 7.82 Å². The smallest absolute Gasteiger partial charge is 0.268 e. The van der Waals surface area contributed by atoms with E-state index in [9.17, 15) is 9.46 Å². The Morgan fingerprint density at radius 3 is 1.33 bits per heavy atom. The number of allylic oxidation sites excluding steroid dienone is 4. The third-order valence-corrected chi connectivity index (χ3v) is 10.3. The van der Waals surface area contributed by atoms with Crippen LogP contribution in [0.2, 0.25) is 0 Å². The normalized spacial score (nSPS) is 14.2. The summed E-state index contributed by atoms with van der Waals surface area (Å²) in [6.45, 7) is 5.22.